The number of halogens is 4. The second-order valence-corrected chi connectivity index (χ2v) is 5.78. The minimum absolute atomic E-state index is 0.000565. The highest BCUT2D eigenvalue weighted by molar-refractivity contribution is 5.95. The maximum absolute atomic E-state index is 13.3. The number of nitrogens with one attached hydrogen (secondary N) is 1. The molecule has 120 valence electrons. The van der Waals surface area contributed by atoms with Crippen LogP contribution in [0.4, 0.5) is 17.6 Å². The van der Waals surface area contributed by atoms with Crippen molar-refractivity contribution in [1.82, 2.24) is 10.2 Å². The molecule has 0 spiro atoms. The normalized spacial score (nSPS) is 25.2. The number of hydrogen-bond donors (Lipinski definition) is 1. The van der Waals surface area contributed by atoms with Crippen molar-refractivity contribution in [3.05, 3.63) is 35.1 Å². The number of hydrogen-bond acceptors (Lipinski definition) is 2. The maximum atomic E-state index is 13.3. The molecule has 0 aromatic heterocycles. The average Bonchev–Trinajstić information content (AvgIpc) is 2.70. The molecule has 2 heterocycles. The molecule has 1 N–H and O–H groups in total. The molecule has 0 aliphatic carbocycles. The van der Waals surface area contributed by atoms with Crippen molar-refractivity contribution in [3.63, 3.8) is 0 Å². The lowest BCUT2D eigenvalue weighted by molar-refractivity contribution is -0.140. The van der Waals surface area contributed by atoms with Crippen molar-refractivity contribution in [2.45, 2.75) is 37.5 Å². The van der Waals surface area contributed by atoms with Crippen LogP contribution in [0.5, 0.6) is 0 Å². The Hall–Kier alpha value is -1.63. The molecule has 2 saturated heterocycles. The van der Waals surface area contributed by atoms with Crippen LogP contribution in [0.3, 0.4) is 0 Å². The number of fused-ring (bicyclic) bond motifs is 2. The van der Waals surface area contributed by atoms with E-state index >= 15 is 0 Å². The zero-order chi connectivity index (χ0) is 15.9. The Morgan fingerprint density at radius 2 is 1.91 bits per heavy atom. The van der Waals surface area contributed by atoms with Crippen molar-refractivity contribution < 1.29 is 22.4 Å². The third-order valence-corrected chi connectivity index (χ3v) is 4.41. The molecule has 0 saturated carbocycles. The molecule has 2 atom stereocenters. The van der Waals surface area contributed by atoms with Gasteiger partial charge in [-0.05, 0) is 44.0 Å². The summed E-state index contributed by atoms with van der Waals surface area (Å²) in [4.78, 5) is 14.3. The van der Waals surface area contributed by atoms with Gasteiger partial charge < -0.3 is 10.2 Å². The van der Waals surface area contributed by atoms with Gasteiger partial charge in [-0.15, -0.1) is 0 Å². The van der Waals surface area contributed by atoms with Crippen LogP contribution in [-0.4, -0.2) is 36.0 Å². The van der Waals surface area contributed by atoms with Gasteiger partial charge in [-0.2, -0.15) is 13.2 Å². The van der Waals surface area contributed by atoms with E-state index in [2.05, 4.69) is 5.32 Å². The Balaban J connectivity index is 1.92. The number of nitrogens with zero attached hydrogens (tertiary/aromatic N) is 1. The fraction of sp³-hybridized carbons (Fsp3) is 0.533. The Morgan fingerprint density at radius 3 is 2.64 bits per heavy atom. The van der Waals surface area contributed by atoms with E-state index in [1.807, 2.05) is 0 Å². The second kappa shape index (κ2) is 5.53. The molecule has 3 nitrogen and oxygen atoms in total. The van der Waals surface area contributed by atoms with Gasteiger partial charge >= 0.3 is 6.18 Å². The van der Waals surface area contributed by atoms with Crippen molar-refractivity contribution in [2.75, 3.05) is 13.1 Å². The predicted octanol–water partition coefficient (Wildman–Crippen LogP) is 2.81. The first kappa shape index (κ1) is 15.3. The van der Waals surface area contributed by atoms with Crippen molar-refractivity contribution in [2.24, 2.45) is 0 Å². The molecule has 2 bridgehead atoms. The Labute approximate surface area is 125 Å². The SMILES string of the molecule is O=C(c1ccc(F)c(C(F)(F)F)c1)N1C2CCNCC1CC2. The van der Waals surface area contributed by atoms with Crippen LogP contribution in [0.25, 0.3) is 0 Å². The van der Waals surface area contributed by atoms with Gasteiger partial charge in [-0.25, -0.2) is 4.39 Å². The van der Waals surface area contributed by atoms with Gasteiger partial charge in [0.15, 0.2) is 0 Å². The van der Waals surface area contributed by atoms with Gasteiger partial charge in [0.1, 0.15) is 5.82 Å². The van der Waals surface area contributed by atoms with Crippen LogP contribution in [0.1, 0.15) is 35.2 Å². The standard InChI is InChI=1S/C15H16F4N2O/c16-13-4-1-9(7-12(13)15(17,18)19)14(22)21-10-2-3-11(21)8-20-6-5-10/h1,4,7,10-11,20H,2-3,5-6,8H2. The summed E-state index contributed by atoms with van der Waals surface area (Å²) in [7, 11) is 0. The molecule has 1 aromatic rings. The first-order chi connectivity index (χ1) is 10.4. The number of alkyl halides is 3. The van der Waals surface area contributed by atoms with E-state index in [0.29, 0.717) is 18.7 Å². The monoisotopic (exact) mass is 316 g/mol. The zero-order valence-corrected chi connectivity index (χ0v) is 11.8. The molecule has 7 heteroatoms. The molecular weight excluding hydrogens is 300 g/mol. The highest BCUT2D eigenvalue weighted by Crippen LogP contribution is 2.34. The summed E-state index contributed by atoms with van der Waals surface area (Å²) < 4.78 is 51.7. The van der Waals surface area contributed by atoms with Gasteiger partial charge in [0, 0.05) is 24.2 Å². The summed E-state index contributed by atoms with van der Waals surface area (Å²) in [5.74, 6) is -1.80. The molecule has 1 aromatic carbocycles. The first-order valence-electron chi connectivity index (χ1n) is 7.28. The van der Waals surface area contributed by atoms with Gasteiger partial charge in [0.2, 0.25) is 0 Å². The van der Waals surface area contributed by atoms with Crippen molar-refractivity contribution in [3.8, 4) is 0 Å². The molecule has 2 aliphatic rings. The number of carbonyl (C=O) groups excluding carboxylic acids is 1. The fourth-order valence-corrected chi connectivity index (χ4v) is 3.34. The summed E-state index contributed by atoms with van der Waals surface area (Å²) >= 11 is 0. The summed E-state index contributed by atoms with van der Waals surface area (Å²) in [5, 5.41) is 3.23. The zero-order valence-electron chi connectivity index (χ0n) is 11.8. The molecule has 1 amide bonds. The van der Waals surface area contributed by atoms with Crippen LogP contribution in [0.15, 0.2) is 18.2 Å². The fourth-order valence-electron chi connectivity index (χ4n) is 3.34. The van der Waals surface area contributed by atoms with E-state index in [9.17, 15) is 22.4 Å². The van der Waals surface area contributed by atoms with E-state index in [4.69, 9.17) is 0 Å². The van der Waals surface area contributed by atoms with Crippen molar-refractivity contribution >= 4 is 5.91 Å². The minimum Gasteiger partial charge on any atom is -0.331 e. The van der Waals surface area contributed by atoms with Crippen LogP contribution in [-0.2, 0) is 6.18 Å². The average molecular weight is 316 g/mol. The van der Waals surface area contributed by atoms with Crippen LogP contribution >= 0.6 is 0 Å². The number of carbonyl (C=O) groups is 1. The Kier molecular flexibility index (Phi) is 3.84. The van der Waals surface area contributed by atoms with E-state index in [1.54, 1.807) is 4.90 Å². The Morgan fingerprint density at radius 1 is 1.18 bits per heavy atom. The number of rotatable bonds is 1. The molecule has 22 heavy (non-hydrogen) atoms. The predicted molar refractivity (Wildman–Crippen MR) is 71.9 cm³/mol. The van der Waals surface area contributed by atoms with Crippen LogP contribution < -0.4 is 5.32 Å². The lowest BCUT2D eigenvalue weighted by Gasteiger charge is -2.28. The highest BCUT2D eigenvalue weighted by atomic mass is 19.4. The van der Waals surface area contributed by atoms with E-state index in [1.165, 1.54) is 0 Å². The molecule has 2 aliphatic heterocycles. The summed E-state index contributed by atoms with van der Waals surface area (Å²) in [6.45, 7) is 1.44. The highest BCUT2D eigenvalue weighted by Gasteiger charge is 2.40. The van der Waals surface area contributed by atoms with E-state index in [0.717, 1.165) is 31.9 Å². The van der Waals surface area contributed by atoms with E-state index in [-0.39, 0.29) is 17.6 Å². The first-order valence-corrected chi connectivity index (χ1v) is 7.28. The Bertz CT molecular complexity index is 573. The third kappa shape index (κ3) is 2.69. The van der Waals surface area contributed by atoms with E-state index < -0.39 is 23.5 Å². The summed E-state index contributed by atoms with van der Waals surface area (Å²) in [6, 6.07) is 2.51. The van der Waals surface area contributed by atoms with Gasteiger partial charge in [-0.3, -0.25) is 4.79 Å². The lowest BCUT2D eigenvalue weighted by Crippen LogP contribution is -2.42. The largest absolute Gasteiger partial charge is 0.419 e. The molecule has 2 unspecified atom stereocenters. The maximum Gasteiger partial charge on any atom is 0.419 e. The van der Waals surface area contributed by atoms with Gasteiger partial charge in [-0.1, -0.05) is 0 Å². The number of benzene rings is 1. The van der Waals surface area contributed by atoms with Gasteiger partial charge in [0.25, 0.3) is 5.91 Å². The second-order valence-electron chi connectivity index (χ2n) is 5.78. The van der Waals surface area contributed by atoms with Crippen LogP contribution in [0.2, 0.25) is 0 Å². The molecule has 2 fully saturated rings. The minimum atomic E-state index is -4.81. The quantitative estimate of drug-likeness (QED) is 0.808. The summed E-state index contributed by atoms with van der Waals surface area (Å²) in [6.07, 6.45) is -2.31. The third-order valence-electron chi connectivity index (χ3n) is 4.41. The van der Waals surface area contributed by atoms with Crippen LogP contribution in [0, 0.1) is 5.82 Å². The summed E-state index contributed by atoms with van der Waals surface area (Å²) in [5.41, 5.74) is -1.49. The van der Waals surface area contributed by atoms with Crippen molar-refractivity contribution in [1.29, 1.82) is 0 Å². The number of amides is 1. The lowest BCUT2D eigenvalue weighted by atomic mass is 10.1. The molecule has 3 rings (SSSR count). The molecular formula is C15H16F4N2O. The smallest absolute Gasteiger partial charge is 0.331 e. The van der Waals surface area contributed by atoms with Gasteiger partial charge in [0.05, 0.1) is 5.56 Å². The molecule has 0 radical (unpaired) electrons. The topological polar surface area (TPSA) is 32.3 Å².